The summed E-state index contributed by atoms with van der Waals surface area (Å²) < 4.78 is 0. The molecule has 2 aromatic carbocycles. The largest absolute Gasteiger partial charge is 0.397 e. The second kappa shape index (κ2) is 6.87. The van der Waals surface area contributed by atoms with Crippen molar-refractivity contribution in [2.45, 2.75) is 6.92 Å². The summed E-state index contributed by atoms with van der Waals surface area (Å²) in [4.78, 5) is 13.9. The highest BCUT2D eigenvalue weighted by atomic mass is 35.5. The quantitative estimate of drug-likeness (QED) is 0.850. The molecule has 2 aromatic rings. The van der Waals surface area contributed by atoms with Crippen molar-refractivity contribution in [3.05, 3.63) is 81.5 Å². The Bertz CT molecular complexity index is 1010. The standard InChI is InChI=1S/C20H15ClN4O/c1-12-3-2-4-15(9-12)25-19(24)16(18(23)17(11-22)20(25)26)10-13-5-7-14(21)8-6-13/h2-10,24H,23H2,1H3/b16-10+,24-19?. The lowest BCUT2D eigenvalue weighted by Crippen LogP contribution is -2.44. The molecule has 0 spiro atoms. The minimum atomic E-state index is -0.603. The third-order valence-corrected chi connectivity index (χ3v) is 4.26. The van der Waals surface area contributed by atoms with Gasteiger partial charge in [-0.05, 0) is 48.4 Å². The second-order valence-electron chi connectivity index (χ2n) is 5.84. The fourth-order valence-corrected chi connectivity index (χ4v) is 2.83. The van der Waals surface area contributed by atoms with Crippen LogP contribution in [-0.2, 0) is 4.79 Å². The highest BCUT2D eigenvalue weighted by Gasteiger charge is 2.34. The zero-order valence-electron chi connectivity index (χ0n) is 14.0. The molecule has 3 N–H and O–H groups in total. The Balaban J connectivity index is 2.17. The Morgan fingerprint density at radius 1 is 1.23 bits per heavy atom. The summed E-state index contributed by atoms with van der Waals surface area (Å²) in [6.07, 6.45) is 1.67. The lowest BCUT2D eigenvalue weighted by atomic mass is 9.97. The van der Waals surface area contributed by atoms with Crippen LogP contribution in [0.4, 0.5) is 5.69 Å². The molecular weight excluding hydrogens is 348 g/mol. The van der Waals surface area contributed by atoms with Gasteiger partial charge >= 0.3 is 0 Å². The molecule has 0 atom stereocenters. The smallest absolute Gasteiger partial charge is 0.276 e. The van der Waals surface area contributed by atoms with Gasteiger partial charge < -0.3 is 5.73 Å². The number of halogens is 1. The number of carbonyl (C=O) groups is 1. The summed E-state index contributed by atoms with van der Waals surface area (Å²) in [5, 5.41) is 18.5. The number of carbonyl (C=O) groups excluding carboxylic acids is 1. The number of nitrogens with one attached hydrogen (secondary N) is 1. The lowest BCUT2D eigenvalue weighted by Gasteiger charge is -2.29. The topological polar surface area (TPSA) is 94.0 Å². The van der Waals surface area contributed by atoms with Crippen LogP contribution in [0.1, 0.15) is 11.1 Å². The van der Waals surface area contributed by atoms with E-state index in [0.717, 1.165) is 11.1 Å². The highest BCUT2D eigenvalue weighted by Crippen LogP contribution is 2.29. The Hall–Kier alpha value is -3.36. The van der Waals surface area contributed by atoms with E-state index in [9.17, 15) is 10.1 Å². The molecule has 1 aliphatic heterocycles. The number of rotatable bonds is 2. The number of amides is 1. The zero-order chi connectivity index (χ0) is 18.8. The van der Waals surface area contributed by atoms with Gasteiger partial charge in [-0.1, -0.05) is 35.9 Å². The van der Waals surface area contributed by atoms with Gasteiger partial charge in [0.15, 0.2) is 0 Å². The van der Waals surface area contributed by atoms with Crippen molar-refractivity contribution in [2.24, 2.45) is 5.73 Å². The normalized spacial score (nSPS) is 16.2. The van der Waals surface area contributed by atoms with Gasteiger partial charge in [0, 0.05) is 10.6 Å². The van der Waals surface area contributed by atoms with Gasteiger partial charge in [-0.25, -0.2) is 0 Å². The van der Waals surface area contributed by atoms with E-state index in [4.69, 9.17) is 22.7 Å². The number of amidine groups is 1. The number of hydrogen-bond donors (Lipinski definition) is 2. The van der Waals surface area contributed by atoms with E-state index in [-0.39, 0.29) is 17.1 Å². The molecule has 0 unspecified atom stereocenters. The van der Waals surface area contributed by atoms with Crippen molar-refractivity contribution in [1.82, 2.24) is 0 Å². The average Bonchev–Trinajstić information content (AvgIpc) is 2.61. The number of aryl methyl sites for hydroxylation is 1. The van der Waals surface area contributed by atoms with E-state index in [1.165, 1.54) is 4.90 Å². The maximum Gasteiger partial charge on any atom is 0.276 e. The number of hydrogen-bond acceptors (Lipinski definition) is 4. The molecule has 1 aliphatic rings. The van der Waals surface area contributed by atoms with E-state index in [2.05, 4.69) is 0 Å². The monoisotopic (exact) mass is 362 g/mol. The molecule has 0 fully saturated rings. The lowest BCUT2D eigenvalue weighted by molar-refractivity contribution is -0.114. The maximum absolute atomic E-state index is 12.7. The molecule has 3 rings (SSSR count). The molecule has 0 bridgehead atoms. The van der Waals surface area contributed by atoms with Crippen LogP contribution in [-0.4, -0.2) is 11.7 Å². The number of benzene rings is 2. The van der Waals surface area contributed by atoms with E-state index in [0.29, 0.717) is 16.3 Å². The van der Waals surface area contributed by atoms with E-state index in [1.807, 2.05) is 19.1 Å². The first-order valence-electron chi connectivity index (χ1n) is 7.80. The van der Waals surface area contributed by atoms with Gasteiger partial charge in [0.25, 0.3) is 5.91 Å². The molecule has 0 saturated carbocycles. The van der Waals surface area contributed by atoms with E-state index < -0.39 is 5.91 Å². The van der Waals surface area contributed by atoms with Crippen molar-refractivity contribution in [3.63, 3.8) is 0 Å². The van der Waals surface area contributed by atoms with Crippen LogP contribution in [0.2, 0.25) is 5.02 Å². The Labute approximate surface area is 156 Å². The molecule has 5 nitrogen and oxygen atoms in total. The Morgan fingerprint density at radius 3 is 2.54 bits per heavy atom. The van der Waals surface area contributed by atoms with Gasteiger partial charge in [0.05, 0.1) is 11.4 Å². The van der Waals surface area contributed by atoms with Gasteiger partial charge in [0.1, 0.15) is 17.5 Å². The number of nitrogens with zero attached hydrogens (tertiary/aromatic N) is 2. The zero-order valence-corrected chi connectivity index (χ0v) is 14.7. The number of anilines is 1. The molecule has 6 heteroatoms. The van der Waals surface area contributed by atoms with Crippen LogP contribution in [0, 0.1) is 23.7 Å². The maximum atomic E-state index is 12.7. The van der Waals surface area contributed by atoms with Crippen LogP contribution in [0.3, 0.4) is 0 Å². The van der Waals surface area contributed by atoms with E-state index >= 15 is 0 Å². The summed E-state index contributed by atoms with van der Waals surface area (Å²) in [5.74, 6) is -0.680. The van der Waals surface area contributed by atoms with Gasteiger partial charge in [0.2, 0.25) is 0 Å². The first-order valence-corrected chi connectivity index (χ1v) is 8.17. The second-order valence-corrected chi connectivity index (χ2v) is 6.27. The SMILES string of the molecule is Cc1cccc(N2C(=N)/C(=C/c3ccc(Cl)cc3)C(N)=C(C#N)C2=O)c1. The fraction of sp³-hybridized carbons (Fsp3) is 0.0500. The summed E-state index contributed by atoms with van der Waals surface area (Å²) in [6, 6.07) is 16.0. The van der Waals surface area contributed by atoms with E-state index in [1.54, 1.807) is 48.5 Å². The molecule has 26 heavy (non-hydrogen) atoms. The van der Waals surface area contributed by atoms with Crippen molar-refractivity contribution >= 4 is 35.1 Å². The minimum Gasteiger partial charge on any atom is -0.397 e. The van der Waals surface area contributed by atoms with Crippen LogP contribution in [0.15, 0.2) is 65.4 Å². The molecule has 0 aliphatic carbocycles. The molecule has 1 amide bonds. The van der Waals surface area contributed by atoms with Crippen molar-refractivity contribution in [3.8, 4) is 6.07 Å². The molecule has 0 saturated heterocycles. The summed E-state index contributed by atoms with van der Waals surface area (Å²) in [5.41, 5.74) is 8.38. The molecule has 1 heterocycles. The first-order chi connectivity index (χ1) is 12.4. The molecule has 0 radical (unpaired) electrons. The molecular formula is C20H15ClN4O. The molecule has 128 valence electrons. The van der Waals surface area contributed by atoms with Gasteiger partial charge in [-0.15, -0.1) is 0 Å². The predicted molar refractivity (Wildman–Crippen MR) is 103 cm³/mol. The van der Waals surface area contributed by atoms with Crippen LogP contribution >= 0.6 is 11.6 Å². The molecule has 0 aromatic heterocycles. The fourth-order valence-electron chi connectivity index (χ4n) is 2.70. The summed E-state index contributed by atoms with van der Waals surface area (Å²) in [7, 11) is 0. The van der Waals surface area contributed by atoms with Crippen molar-refractivity contribution in [1.29, 1.82) is 10.7 Å². The predicted octanol–water partition coefficient (Wildman–Crippen LogP) is 3.79. The highest BCUT2D eigenvalue weighted by molar-refractivity contribution is 6.33. The van der Waals surface area contributed by atoms with Gasteiger partial charge in [-0.3, -0.25) is 15.1 Å². The van der Waals surface area contributed by atoms with Gasteiger partial charge in [-0.2, -0.15) is 5.26 Å². The van der Waals surface area contributed by atoms with Crippen LogP contribution in [0.25, 0.3) is 6.08 Å². The third kappa shape index (κ3) is 3.10. The Kier molecular flexibility index (Phi) is 4.61. The summed E-state index contributed by atoms with van der Waals surface area (Å²) in [6.45, 7) is 1.89. The van der Waals surface area contributed by atoms with Crippen molar-refractivity contribution < 1.29 is 4.79 Å². The number of nitrogens with two attached hydrogens (primary N) is 1. The van der Waals surface area contributed by atoms with Crippen molar-refractivity contribution in [2.75, 3.05) is 4.90 Å². The first kappa shape index (κ1) is 17.5. The Morgan fingerprint density at radius 2 is 1.92 bits per heavy atom. The minimum absolute atomic E-state index is 0.00125. The average molecular weight is 363 g/mol. The van der Waals surface area contributed by atoms with Crippen LogP contribution < -0.4 is 10.6 Å². The number of nitriles is 1. The van der Waals surface area contributed by atoms with Crippen LogP contribution in [0.5, 0.6) is 0 Å². The summed E-state index contributed by atoms with van der Waals surface area (Å²) >= 11 is 5.90. The third-order valence-electron chi connectivity index (χ3n) is 4.01.